The number of para-hydroxylation sites is 1. The Morgan fingerprint density at radius 1 is 1.35 bits per heavy atom. The van der Waals surface area contributed by atoms with E-state index in [0.717, 1.165) is 36.3 Å². The molecule has 1 amide bonds. The summed E-state index contributed by atoms with van der Waals surface area (Å²) >= 11 is 1.76. The van der Waals surface area contributed by atoms with Gasteiger partial charge < -0.3 is 10.1 Å². The summed E-state index contributed by atoms with van der Waals surface area (Å²) in [5.74, 6) is 1.29. The summed E-state index contributed by atoms with van der Waals surface area (Å²) < 4.78 is 0. The highest BCUT2D eigenvalue weighted by Gasteiger charge is 2.31. The van der Waals surface area contributed by atoms with Gasteiger partial charge in [0.1, 0.15) is 0 Å². The summed E-state index contributed by atoms with van der Waals surface area (Å²) in [6, 6.07) is 7.73. The lowest BCUT2D eigenvalue weighted by molar-refractivity contribution is -0.118. The van der Waals surface area contributed by atoms with Crippen LogP contribution in [0.2, 0.25) is 0 Å². The zero-order chi connectivity index (χ0) is 13.9. The van der Waals surface area contributed by atoms with Crippen LogP contribution < -0.4 is 4.90 Å². The van der Waals surface area contributed by atoms with E-state index in [1.54, 1.807) is 11.8 Å². The van der Waals surface area contributed by atoms with Gasteiger partial charge in [0, 0.05) is 12.1 Å². The molecule has 1 fully saturated rings. The van der Waals surface area contributed by atoms with E-state index in [-0.39, 0.29) is 11.2 Å². The first-order chi connectivity index (χ1) is 9.81. The summed E-state index contributed by atoms with van der Waals surface area (Å²) in [5, 5.41) is 12.7. The van der Waals surface area contributed by atoms with E-state index in [1.807, 2.05) is 29.2 Å². The monoisotopic (exact) mass is 290 g/mol. The molecule has 0 aromatic heterocycles. The zero-order valence-corrected chi connectivity index (χ0v) is 12.1. The molecule has 1 saturated heterocycles. The van der Waals surface area contributed by atoms with Crippen molar-refractivity contribution >= 4 is 29.1 Å². The molecule has 2 heterocycles. The predicted octanol–water partition coefficient (Wildman–Crippen LogP) is 2.89. The van der Waals surface area contributed by atoms with Crippen LogP contribution in [-0.2, 0) is 4.79 Å². The number of amides is 1. The van der Waals surface area contributed by atoms with Gasteiger partial charge in [-0.1, -0.05) is 23.4 Å². The van der Waals surface area contributed by atoms with Crippen molar-refractivity contribution in [2.45, 2.75) is 30.9 Å². The van der Waals surface area contributed by atoms with Crippen LogP contribution in [0.15, 0.2) is 29.4 Å². The van der Waals surface area contributed by atoms with Gasteiger partial charge in [-0.15, -0.1) is 11.8 Å². The highest BCUT2D eigenvalue weighted by Crippen LogP contribution is 2.32. The molecule has 0 spiro atoms. The number of nitrogens with zero attached hydrogens (tertiary/aromatic N) is 2. The fourth-order valence-electron chi connectivity index (χ4n) is 2.89. The molecule has 3 rings (SSSR count). The molecule has 5 heteroatoms. The standard InChI is InChI=1S/C15H18N2O2S/c18-15(14-8-4-10-20-14)17-9-3-6-12(16-19)11-5-1-2-7-13(11)17/h1-2,5,7,14,19H,3-4,6,8-10H2/b16-12-. The second kappa shape index (κ2) is 5.87. The van der Waals surface area contributed by atoms with Gasteiger partial charge in [0.2, 0.25) is 5.91 Å². The van der Waals surface area contributed by atoms with Crippen molar-refractivity contribution in [3.05, 3.63) is 29.8 Å². The first kappa shape index (κ1) is 13.5. The highest BCUT2D eigenvalue weighted by molar-refractivity contribution is 8.00. The second-order valence-corrected chi connectivity index (χ2v) is 6.47. The fraction of sp³-hybridized carbons (Fsp3) is 0.467. The number of thioether (sulfide) groups is 1. The molecule has 2 aliphatic rings. The Kier molecular flexibility index (Phi) is 3.96. The van der Waals surface area contributed by atoms with Gasteiger partial charge in [0.15, 0.2) is 0 Å². The Morgan fingerprint density at radius 2 is 2.20 bits per heavy atom. The molecule has 1 N–H and O–H groups in total. The van der Waals surface area contributed by atoms with Crippen LogP contribution >= 0.6 is 11.8 Å². The first-order valence-corrected chi connectivity index (χ1v) is 8.09. The Morgan fingerprint density at radius 3 is 2.95 bits per heavy atom. The molecule has 1 atom stereocenters. The number of rotatable bonds is 1. The molecule has 0 bridgehead atoms. The van der Waals surface area contributed by atoms with Crippen LogP contribution in [0.4, 0.5) is 5.69 Å². The van der Waals surface area contributed by atoms with Crippen molar-refractivity contribution in [2.75, 3.05) is 17.2 Å². The molecular formula is C15H18N2O2S. The van der Waals surface area contributed by atoms with Crippen LogP contribution in [0.1, 0.15) is 31.2 Å². The lowest BCUT2D eigenvalue weighted by Gasteiger charge is -2.25. The van der Waals surface area contributed by atoms with Gasteiger partial charge >= 0.3 is 0 Å². The minimum Gasteiger partial charge on any atom is -0.411 e. The van der Waals surface area contributed by atoms with E-state index >= 15 is 0 Å². The smallest absolute Gasteiger partial charge is 0.240 e. The number of hydrogen-bond acceptors (Lipinski definition) is 4. The number of benzene rings is 1. The van der Waals surface area contributed by atoms with Gasteiger partial charge in [-0.2, -0.15) is 0 Å². The second-order valence-electron chi connectivity index (χ2n) is 5.16. The van der Waals surface area contributed by atoms with E-state index in [4.69, 9.17) is 0 Å². The van der Waals surface area contributed by atoms with Crippen LogP contribution in [0.3, 0.4) is 0 Å². The average Bonchev–Trinajstić information content (AvgIpc) is 2.95. The molecule has 0 aliphatic carbocycles. The molecule has 106 valence electrons. The van der Waals surface area contributed by atoms with Crippen molar-refractivity contribution in [3.8, 4) is 0 Å². The third kappa shape index (κ3) is 2.42. The first-order valence-electron chi connectivity index (χ1n) is 7.04. The van der Waals surface area contributed by atoms with Gasteiger partial charge in [0.25, 0.3) is 0 Å². The zero-order valence-electron chi connectivity index (χ0n) is 11.3. The maximum absolute atomic E-state index is 12.7. The fourth-order valence-corrected chi connectivity index (χ4v) is 4.11. The van der Waals surface area contributed by atoms with Crippen LogP contribution in [0.25, 0.3) is 0 Å². The van der Waals surface area contributed by atoms with Crippen molar-refractivity contribution in [3.63, 3.8) is 0 Å². The molecule has 1 aromatic rings. The van der Waals surface area contributed by atoms with Gasteiger partial charge in [-0.25, -0.2) is 0 Å². The quantitative estimate of drug-likeness (QED) is 0.639. The van der Waals surface area contributed by atoms with Crippen molar-refractivity contribution in [1.29, 1.82) is 0 Å². The Balaban J connectivity index is 1.96. The number of carbonyl (C=O) groups excluding carboxylic acids is 1. The molecule has 1 unspecified atom stereocenters. The Hall–Kier alpha value is -1.49. The van der Waals surface area contributed by atoms with E-state index in [2.05, 4.69) is 5.16 Å². The SMILES string of the molecule is O=C(C1CCCS1)N1CCC/C(=N/O)c2ccccc21. The molecule has 4 nitrogen and oxygen atoms in total. The van der Waals surface area contributed by atoms with Crippen LogP contribution in [0.5, 0.6) is 0 Å². The third-order valence-electron chi connectivity index (χ3n) is 3.89. The van der Waals surface area contributed by atoms with Crippen molar-refractivity contribution in [2.24, 2.45) is 5.16 Å². The van der Waals surface area contributed by atoms with E-state index < -0.39 is 0 Å². The lowest BCUT2D eigenvalue weighted by atomic mass is 10.1. The summed E-state index contributed by atoms with van der Waals surface area (Å²) in [5.41, 5.74) is 2.44. The van der Waals surface area contributed by atoms with Crippen LogP contribution in [-0.4, -0.2) is 34.4 Å². The Bertz CT molecular complexity index is 538. The summed E-state index contributed by atoms with van der Waals surface area (Å²) in [6.45, 7) is 0.700. The van der Waals surface area contributed by atoms with Gasteiger partial charge in [0.05, 0.1) is 16.6 Å². The van der Waals surface area contributed by atoms with Crippen molar-refractivity contribution in [1.82, 2.24) is 0 Å². The van der Waals surface area contributed by atoms with E-state index in [9.17, 15) is 10.0 Å². The maximum atomic E-state index is 12.7. The molecule has 1 aromatic carbocycles. The highest BCUT2D eigenvalue weighted by atomic mass is 32.2. The molecule has 0 radical (unpaired) electrons. The number of hydrogen-bond donors (Lipinski definition) is 1. The largest absolute Gasteiger partial charge is 0.411 e. The van der Waals surface area contributed by atoms with Gasteiger partial charge in [-0.3, -0.25) is 4.79 Å². The number of anilines is 1. The molecular weight excluding hydrogens is 272 g/mol. The third-order valence-corrected chi connectivity index (χ3v) is 5.26. The predicted molar refractivity (Wildman–Crippen MR) is 81.8 cm³/mol. The number of carbonyl (C=O) groups is 1. The van der Waals surface area contributed by atoms with Crippen LogP contribution in [0, 0.1) is 0 Å². The number of fused-ring (bicyclic) bond motifs is 1. The van der Waals surface area contributed by atoms with Gasteiger partial charge in [-0.05, 0) is 37.5 Å². The lowest BCUT2D eigenvalue weighted by Crippen LogP contribution is -2.37. The number of oxime groups is 1. The van der Waals surface area contributed by atoms with Crippen molar-refractivity contribution < 1.29 is 10.0 Å². The van der Waals surface area contributed by atoms with E-state index in [0.29, 0.717) is 18.7 Å². The minimum atomic E-state index is 0.0932. The summed E-state index contributed by atoms with van der Waals surface area (Å²) in [4.78, 5) is 14.6. The Labute approximate surface area is 122 Å². The van der Waals surface area contributed by atoms with E-state index in [1.165, 1.54) is 0 Å². The maximum Gasteiger partial charge on any atom is 0.240 e. The molecule has 2 aliphatic heterocycles. The summed E-state index contributed by atoms with van der Waals surface area (Å²) in [6.07, 6.45) is 3.63. The topological polar surface area (TPSA) is 52.9 Å². The molecule has 0 saturated carbocycles. The minimum absolute atomic E-state index is 0.0932. The average molecular weight is 290 g/mol. The molecule has 20 heavy (non-hydrogen) atoms. The summed E-state index contributed by atoms with van der Waals surface area (Å²) in [7, 11) is 0. The normalized spacial score (nSPS) is 24.5.